The van der Waals surface area contributed by atoms with Crippen LogP contribution in [-0.4, -0.2) is 34.4 Å². The van der Waals surface area contributed by atoms with E-state index in [0.717, 1.165) is 16.8 Å². The molecule has 0 aliphatic rings. The van der Waals surface area contributed by atoms with Crippen LogP contribution in [0.25, 0.3) is 10.9 Å². The number of fused-ring (bicyclic) bond motifs is 1. The van der Waals surface area contributed by atoms with E-state index in [1.54, 1.807) is 18.2 Å². The van der Waals surface area contributed by atoms with Gasteiger partial charge in [0.2, 0.25) is 5.91 Å². The van der Waals surface area contributed by atoms with Gasteiger partial charge in [-0.25, -0.2) is 9.07 Å². The molecule has 0 spiro atoms. The van der Waals surface area contributed by atoms with Crippen LogP contribution >= 0.6 is 0 Å². The number of aromatic nitrogens is 3. The van der Waals surface area contributed by atoms with E-state index < -0.39 is 42.0 Å². The third-order valence-corrected chi connectivity index (χ3v) is 4.28. The number of nitrogens with one attached hydrogen (secondary N) is 1. The topological polar surface area (TPSA) is 95.3 Å². The van der Waals surface area contributed by atoms with Crippen molar-refractivity contribution >= 4 is 16.8 Å². The summed E-state index contributed by atoms with van der Waals surface area (Å²) in [5.41, 5.74) is -0.385. The first-order valence-corrected chi connectivity index (χ1v) is 8.84. The highest BCUT2D eigenvalue weighted by Gasteiger charge is 2.31. The van der Waals surface area contributed by atoms with E-state index >= 15 is 0 Å². The average molecular weight is 440 g/mol. The molecule has 0 bridgehead atoms. The van der Waals surface area contributed by atoms with Gasteiger partial charge in [0.25, 0.3) is 5.56 Å². The van der Waals surface area contributed by atoms with Gasteiger partial charge in [0.05, 0.1) is 13.2 Å². The van der Waals surface area contributed by atoms with Gasteiger partial charge >= 0.3 is 6.36 Å². The minimum absolute atomic E-state index is 0.0681. The Balaban J connectivity index is 1.75. The number of alkyl halides is 3. The smallest absolute Gasteiger partial charge is 0.496 e. The van der Waals surface area contributed by atoms with Crippen molar-refractivity contribution in [3.63, 3.8) is 0 Å². The molecule has 1 aromatic heterocycles. The van der Waals surface area contributed by atoms with Gasteiger partial charge in [-0.3, -0.25) is 9.59 Å². The van der Waals surface area contributed by atoms with E-state index in [1.807, 2.05) is 0 Å². The number of carbonyl (C=O) groups excluding carboxylic acids is 1. The molecule has 1 heterocycles. The number of hydrogen-bond donors (Lipinski definition) is 1. The lowest BCUT2D eigenvalue weighted by molar-refractivity contribution is -0.274. The van der Waals surface area contributed by atoms with Crippen LogP contribution in [0.5, 0.6) is 11.5 Å². The third kappa shape index (κ3) is 5.08. The van der Waals surface area contributed by atoms with Crippen LogP contribution in [0, 0.1) is 5.82 Å². The molecular weight excluding hydrogens is 424 g/mol. The maximum absolute atomic E-state index is 14.2. The van der Waals surface area contributed by atoms with Gasteiger partial charge in [-0.05, 0) is 25.1 Å². The van der Waals surface area contributed by atoms with Crippen LogP contribution in [0.3, 0.4) is 0 Å². The molecule has 0 saturated heterocycles. The lowest BCUT2D eigenvalue weighted by Gasteiger charge is -2.16. The van der Waals surface area contributed by atoms with E-state index in [-0.39, 0.29) is 22.2 Å². The molecule has 1 N–H and O–H groups in total. The van der Waals surface area contributed by atoms with Crippen molar-refractivity contribution in [2.75, 3.05) is 7.11 Å². The molecule has 1 amide bonds. The van der Waals surface area contributed by atoms with E-state index in [0.29, 0.717) is 6.07 Å². The number of halogens is 4. The number of methoxy groups -OCH3 is 1. The van der Waals surface area contributed by atoms with E-state index in [4.69, 9.17) is 4.74 Å². The monoisotopic (exact) mass is 440 g/mol. The molecule has 31 heavy (non-hydrogen) atoms. The summed E-state index contributed by atoms with van der Waals surface area (Å²) < 4.78 is 60.5. The quantitative estimate of drug-likeness (QED) is 0.593. The number of benzene rings is 2. The largest absolute Gasteiger partial charge is 0.573 e. The second kappa shape index (κ2) is 8.58. The number of ether oxygens (including phenoxy) is 2. The summed E-state index contributed by atoms with van der Waals surface area (Å²) in [6.45, 7) is 0.916. The summed E-state index contributed by atoms with van der Waals surface area (Å²) in [7, 11) is 1.38. The summed E-state index contributed by atoms with van der Waals surface area (Å²) >= 11 is 0. The fourth-order valence-electron chi connectivity index (χ4n) is 2.92. The van der Waals surface area contributed by atoms with Gasteiger partial charge in [-0.1, -0.05) is 17.3 Å². The van der Waals surface area contributed by atoms with Crippen LogP contribution in [0.4, 0.5) is 17.6 Å². The lowest BCUT2D eigenvalue weighted by Crippen LogP contribution is -2.35. The van der Waals surface area contributed by atoms with E-state index in [1.165, 1.54) is 14.0 Å². The van der Waals surface area contributed by atoms with Crippen LogP contribution in [-0.2, 0) is 11.3 Å². The van der Waals surface area contributed by atoms with Crippen molar-refractivity contribution < 1.29 is 31.8 Å². The average Bonchev–Trinajstić information content (AvgIpc) is 2.68. The van der Waals surface area contributed by atoms with E-state index in [9.17, 15) is 27.2 Å². The number of nitrogens with zero attached hydrogens (tertiary/aromatic N) is 3. The first-order chi connectivity index (χ1) is 14.6. The third-order valence-electron chi connectivity index (χ3n) is 4.28. The zero-order valence-corrected chi connectivity index (χ0v) is 16.2. The molecule has 0 aliphatic heterocycles. The molecule has 12 heteroatoms. The van der Waals surface area contributed by atoms with Gasteiger partial charge in [0, 0.05) is 11.6 Å². The maximum atomic E-state index is 14.2. The van der Waals surface area contributed by atoms with Crippen molar-refractivity contribution in [2.24, 2.45) is 0 Å². The molecule has 0 radical (unpaired) electrons. The second-order valence-corrected chi connectivity index (χ2v) is 6.43. The zero-order valence-electron chi connectivity index (χ0n) is 16.2. The Bertz CT molecular complexity index is 1180. The van der Waals surface area contributed by atoms with Crippen LogP contribution < -0.4 is 20.3 Å². The van der Waals surface area contributed by atoms with Crippen molar-refractivity contribution in [1.29, 1.82) is 0 Å². The van der Waals surface area contributed by atoms with Gasteiger partial charge < -0.3 is 14.8 Å². The maximum Gasteiger partial charge on any atom is 0.573 e. The summed E-state index contributed by atoms with van der Waals surface area (Å²) in [5, 5.41) is 10.2. The fourth-order valence-corrected chi connectivity index (χ4v) is 2.92. The minimum Gasteiger partial charge on any atom is -0.496 e. The highest BCUT2D eigenvalue weighted by atomic mass is 19.4. The molecule has 0 saturated carbocycles. The Labute approximate surface area is 172 Å². The van der Waals surface area contributed by atoms with Crippen LogP contribution in [0.15, 0.2) is 41.2 Å². The van der Waals surface area contributed by atoms with Crippen LogP contribution in [0.2, 0.25) is 0 Å². The number of hydrogen-bond acceptors (Lipinski definition) is 6. The van der Waals surface area contributed by atoms with Gasteiger partial charge in [0.15, 0.2) is 0 Å². The Morgan fingerprint density at radius 3 is 2.65 bits per heavy atom. The normalized spacial score (nSPS) is 12.5. The molecule has 3 rings (SSSR count). The Kier molecular flexibility index (Phi) is 6.09. The van der Waals surface area contributed by atoms with E-state index in [2.05, 4.69) is 20.4 Å². The molecule has 3 aromatic rings. The molecule has 0 aliphatic carbocycles. The lowest BCUT2D eigenvalue weighted by atomic mass is 10.1. The minimum atomic E-state index is -4.95. The first-order valence-electron chi connectivity index (χ1n) is 8.84. The Morgan fingerprint density at radius 1 is 1.26 bits per heavy atom. The summed E-state index contributed by atoms with van der Waals surface area (Å²) in [5.74, 6) is -2.14. The molecule has 1 atom stereocenters. The van der Waals surface area contributed by atoms with Crippen molar-refractivity contribution in [3.8, 4) is 11.5 Å². The SMILES string of the molecule is COc1cccc2nnn(CC(=O)NC(C)c3ccc(OC(F)(F)F)cc3F)c(=O)c12. The number of carbonyl (C=O) groups is 1. The van der Waals surface area contributed by atoms with Crippen molar-refractivity contribution in [2.45, 2.75) is 25.9 Å². The molecule has 1 unspecified atom stereocenters. The van der Waals surface area contributed by atoms with Gasteiger partial charge in [-0.15, -0.1) is 18.3 Å². The summed E-state index contributed by atoms with van der Waals surface area (Å²) in [6, 6.07) is 6.41. The van der Waals surface area contributed by atoms with Crippen LogP contribution in [0.1, 0.15) is 18.5 Å². The number of amides is 1. The highest BCUT2D eigenvalue weighted by Crippen LogP contribution is 2.26. The molecule has 2 aromatic carbocycles. The van der Waals surface area contributed by atoms with Crippen molar-refractivity contribution in [1.82, 2.24) is 20.3 Å². The Morgan fingerprint density at radius 2 is 2.00 bits per heavy atom. The van der Waals surface area contributed by atoms with Crippen molar-refractivity contribution in [3.05, 3.63) is 58.1 Å². The first kappa shape index (κ1) is 22.0. The Hall–Kier alpha value is -3.70. The standard InChI is InChI=1S/C19H16F4N4O4/c1-10(12-7-6-11(8-13(12)20)31-19(21,22)23)24-16(28)9-27-18(29)17-14(25-26-27)4-3-5-15(17)30-2/h3-8,10H,9H2,1-2H3,(H,24,28). The highest BCUT2D eigenvalue weighted by molar-refractivity contribution is 5.84. The molecule has 164 valence electrons. The molecular formula is C19H16F4N4O4. The molecule has 8 nitrogen and oxygen atoms in total. The van der Waals surface area contributed by atoms with Gasteiger partial charge in [0.1, 0.15) is 34.8 Å². The summed E-state index contributed by atoms with van der Waals surface area (Å²) in [4.78, 5) is 25.0. The number of rotatable bonds is 6. The predicted molar refractivity (Wildman–Crippen MR) is 100.0 cm³/mol. The summed E-state index contributed by atoms with van der Waals surface area (Å²) in [6.07, 6.45) is -4.95. The fraction of sp³-hybridized carbons (Fsp3) is 0.263. The molecule has 0 fully saturated rings. The predicted octanol–water partition coefficient (Wildman–Crippen LogP) is 2.72. The second-order valence-electron chi connectivity index (χ2n) is 6.43. The van der Waals surface area contributed by atoms with Gasteiger partial charge in [-0.2, -0.15) is 0 Å². The zero-order chi connectivity index (χ0) is 22.8.